The van der Waals surface area contributed by atoms with Gasteiger partial charge in [-0.3, -0.25) is 4.79 Å². The standard InChI is InChI=1S/C26H24O2/c1-18(2)15-16-28-20-13-11-19(12-14-20)17-25-21-7-3-5-9-23(21)26(27)24-10-6-4-8-22(24)25/h3-14,17-18H,15-16H2,1-2H3. The molecule has 0 atom stereocenters. The monoisotopic (exact) mass is 368 g/mol. The molecule has 4 rings (SSSR count). The minimum atomic E-state index is 0.0947. The summed E-state index contributed by atoms with van der Waals surface area (Å²) in [4.78, 5) is 12.9. The van der Waals surface area contributed by atoms with Crippen molar-refractivity contribution in [1.82, 2.24) is 0 Å². The van der Waals surface area contributed by atoms with E-state index in [0.717, 1.165) is 52.2 Å². The van der Waals surface area contributed by atoms with Crippen molar-refractivity contribution in [3.8, 4) is 5.75 Å². The van der Waals surface area contributed by atoms with Gasteiger partial charge in [0.05, 0.1) is 6.61 Å². The van der Waals surface area contributed by atoms with Gasteiger partial charge in [0.25, 0.3) is 0 Å². The fourth-order valence-electron chi connectivity index (χ4n) is 3.52. The first-order valence-electron chi connectivity index (χ1n) is 9.81. The van der Waals surface area contributed by atoms with Gasteiger partial charge in [0.15, 0.2) is 5.78 Å². The summed E-state index contributed by atoms with van der Waals surface area (Å²) < 4.78 is 5.82. The Morgan fingerprint density at radius 2 is 1.32 bits per heavy atom. The van der Waals surface area contributed by atoms with Crippen LogP contribution >= 0.6 is 0 Å². The quantitative estimate of drug-likeness (QED) is 0.416. The maximum atomic E-state index is 12.9. The highest BCUT2D eigenvalue weighted by Gasteiger charge is 2.25. The first-order valence-corrected chi connectivity index (χ1v) is 9.81. The lowest BCUT2D eigenvalue weighted by Crippen LogP contribution is -2.14. The average Bonchev–Trinajstić information content (AvgIpc) is 2.72. The summed E-state index contributed by atoms with van der Waals surface area (Å²) >= 11 is 0. The zero-order valence-corrected chi connectivity index (χ0v) is 16.3. The van der Waals surface area contributed by atoms with E-state index in [1.807, 2.05) is 60.7 Å². The number of benzene rings is 3. The average molecular weight is 368 g/mol. The van der Waals surface area contributed by atoms with Gasteiger partial charge < -0.3 is 4.74 Å². The largest absolute Gasteiger partial charge is 0.494 e. The Kier molecular flexibility index (Phi) is 5.12. The van der Waals surface area contributed by atoms with E-state index in [9.17, 15) is 4.79 Å². The minimum absolute atomic E-state index is 0.0947. The van der Waals surface area contributed by atoms with Crippen molar-refractivity contribution in [1.29, 1.82) is 0 Å². The molecule has 2 heteroatoms. The minimum Gasteiger partial charge on any atom is -0.494 e. The molecule has 0 bridgehead atoms. The third-order valence-corrected chi connectivity index (χ3v) is 5.08. The molecule has 0 fully saturated rings. The molecule has 0 saturated carbocycles. The number of rotatable bonds is 5. The lowest BCUT2D eigenvalue weighted by atomic mass is 9.81. The molecular formula is C26H24O2. The Labute approximate surface area is 166 Å². The van der Waals surface area contributed by atoms with Crippen LogP contribution in [0, 0.1) is 5.92 Å². The number of carbonyl (C=O) groups is 1. The van der Waals surface area contributed by atoms with Crippen LogP contribution in [-0.4, -0.2) is 12.4 Å². The molecule has 3 aromatic rings. The van der Waals surface area contributed by atoms with Crippen LogP contribution in [0.25, 0.3) is 11.6 Å². The first-order chi connectivity index (χ1) is 13.6. The van der Waals surface area contributed by atoms with Crippen LogP contribution in [-0.2, 0) is 0 Å². The molecule has 0 radical (unpaired) electrons. The summed E-state index contributed by atoms with van der Waals surface area (Å²) in [6.45, 7) is 5.13. The van der Waals surface area contributed by atoms with Gasteiger partial charge in [0.2, 0.25) is 0 Å². The lowest BCUT2D eigenvalue weighted by molar-refractivity contribution is 0.103. The maximum Gasteiger partial charge on any atom is 0.194 e. The SMILES string of the molecule is CC(C)CCOc1ccc(C=C2c3ccccc3C(=O)c3ccccc32)cc1. The number of carbonyl (C=O) groups excluding carboxylic acids is 1. The smallest absolute Gasteiger partial charge is 0.194 e. The summed E-state index contributed by atoms with van der Waals surface area (Å²) in [5.74, 6) is 1.62. The van der Waals surface area contributed by atoms with Crippen molar-refractivity contribution in [2.45, 2.75) is 20.3 Å². The van der Waals surface area contributed by atoms with Crippen LogP contribution in [0.15, 0.2) is 72.8 Å². The summed E-state index contributed by atoms with van der Waals surface area (Å²) in [6, 6.07) is 23.9. The van der Waals surface area contributed by atoms with Gasteiger partial charge in [-0.25, -0.2) is 0 Å². The molecule has 2 nitrogen and oxygen atoms in total. The summed E-state index contributed by atoms with van der Waals surface area (Å²) in [5.41, 5.74) is 5.68. The van der Waals surface area contributed by atoms with Crippen LogP contribution < -0.4 is 4.74 Å². The molecule has 3 aromatic carbocycles. The molecule has 0 aliphatic heterocycles. The molecule has 0 spiro atoms. The van der Waals surface area contributed by atoms with Crippen LogP contribution in [0.1, 0.15) is 52.9 Å². The van der Waals surface area contributed by atoms with E-state index in [2.05, 4.69) is 32.1 Å². The number of hydrogen-bond acceptors (Lipinski definition) is 2. The topological polar surface area (TPSA) is 26.3 Å². The Hall–Kier alpha value is -3.13. The zero-order chi connectivity index (χ0) is 19.5. The van der Waals surface area contributed by atoms with Crippen molar-refractivity contribution >= 4 is 17.4 Å². The van der Waals surface area contributed by atoms with Crippen molar-refractivity contribution < 1.29 is 9.53 Å². The van der Waals surface area contributed by atoms with E-state index in [-0.39, 0.29) is 5.78 Å². The number of ether oxygens (including phenoxy) is 1. The number of fused-ring (bicyclic) bond motifs is 2. The van der Waals surface area contributed by atoms with Crippen LogP contribution in [0.5, 0.6) is 5.75 Å². The predicted molar refractivity (Wildman–Crippen MR) is 115 cm³/mol. The van der Waals surface area contributed by atoms with E-state index in [0.29, 0.717) is 5.92 Å². The molecule has 0 unspecified atom stereocenters. The second-order valence-electron chi connectivity index (χ2n) is 7.58. The molecule has 0 N–H and O–H groups in total. The van der Waals surface area contributed by atoms with Crippen molar-refractivity contribution in [2.75, 3.05) is 6.61 Å². The molecule has 1 aliphatic carbocycles. The van der Waals surface area contributed by atoms with Crippen molar-refractivity contribution in [3.63, 3.8) is 0 Å². The lowest BCUT2D eigenvalue weighted by Gasteiger charge is -2.21. The van der Waals surface area contributed by atoms with Gasteiger partial charge in [-0.1, -0.05) is 74.5 Å². The second kappa shape index (κ2) is 7.85. The Balaban J connectivity index is 1.68. The summed E-state index contributed by atoms with van der Waals surface area (Å²) in [5, 5.41) is 0. The molecule has 0 aromatic heterocycles. The molecule has 28 heavy (non-hydrogen) atoms. The van der Waals surface area contributed by atoms with E-state index >= 15 is 0 Å². The van der Waals surface area contributed by atoms with Crippen LogP contribution in [0.2, 0.25) is 0 Å². The molecule has 0 heterocycles. The third-order valence-electron chi connectivity index (χ3n) is 5.08. The van der Waals surface area contributed by atoms with Gasteiger partial charge in [-0.15, -0.1) is 0 Å². The number of hydrogen-bond donors (Lipinski definition) is 0. The zero-order valence-electron chi connectivity index (χ0n) is 16.3. The van der Waals surface area contributed by atoms with Gasteiger partial charge >= 0.3 is 0 Å². The summed E-state index contributed by atoms with van der Waals surface area (Å²) in [6.07, 6.45) is 3.20. The molecule has 1 aliphatic rings. The third kappa shape index (κ3) is 3.63. The van der Waals surface area contributed by atoms with E-state index in [1.165, 1.54) is 0 Å². The highest BCUT2D eigenvalue weighted by molar-refractivity contribution is 6.20. The van der Waals surface area contributed by atoms with E-state index < -0.39 is 0 Å². The van der Waals surface area contributed by atoms with Crippen molar-refractivity contribution in [2.24, 2.45) is 5.92 Å². The van der Waals surface area contributed by atoms with E-state index in [4.69, 9.17) is 4.74 Å². The molecule has 0 saturated heterocycles. The Bertz CT molecular complexity index is 975. The highest BCUT2D eigenvalue weighted by Crippen LogP contribution is 2.37. The van der Waals surface area contributed by atoms with Crippen LogP contribution in [0.4, 0.5) is 0 Å². The Morgan fingerprint density at radius 1 is 0.786 bits per heavy atom. The second-order valence-corrected chi connectivity index (χ2v) is 7.58. The molecule has 0 amide bonds. The fourth-order valence-corrected chi connectivity index (χ4v) is 3.52. The Morgan fingerprint density at radius 3 is 1.86 bits per heavy atom. The fraction of sp³-hybridized carbons (Fsp3) is 0.192. The normalized spacial score (nSPS) is 12.5. The van der Waals surface area contributed by atoms with Gasteiger partial charge in [-0.2, -0.15) is 0 Å². The van der Waals surface area contributed by atoms with Gasteiger partial charge in [0.1, 0.15) is 5.75 Å². The highest BCUT2D eigenvalue weighted by atomic mass is 16.5. The number of ketones is 1. The van der Waals surface area contributed by atoms with Gasteiger partial charge in [0, 0.05) is 11.1 Å². The molecule has 140 valence electrons. The van der Waals surface area contributed by atoms with Crippen LogP contribution in [0.3, 0.4) is 0 Å². The summed E-state index contributed by atoms with van der Waals surface area (Å²) in [7, 11) is 0. The van der Waals surface area contributed by atoms with Crippen molar-refractivity contribution in [3.05, 3.63) is 101 Å². The maximum absolute atomic E-state index is 12.9. The van der Waals surface area contributed by atoms with E-state index in [1.54, 1.807) is 0 Å². The van der Waals surface area contributed by atoms with Gasteiger partial charge in [-0.05, 0) is 52.8 Å². The molecular weight excluding hydrogens is 344 g/mol. The predicted octanol–water partition coefficient (Wildman–Crippen LogP) is 6.24. The first kappa shape index (κ1) is 18.2.